The van der Waals surface area contributed by atoms with E-state index in [9.17, 15) is 9.59 Å². The first-order chi connectivity index (χ1) is 10.5. The summed E-state index contributed by atoms with van der Waals surface area (Å²) in [6, 6.07) is 7.79. The first kappa shape index (κ1) is 18.0. The summed E-state index contributed by atoms with van der Waals surface area (Å²) < 4.78 is 5.32. The second kappa shape index (κ2) is 9.07. The van der Waals surface area contributed by atoms with Gasteiger partial charge >= 0.3 is 0 Å². The maximum absolute atomic E-state index is 11.7. The van der Waals surface area contributed by atoms with E-state index in [0.29, 0.717) is 19.6 Å². The number of carbonyl (C=O) groups is 2. The van der Waals surface area contributed by atoms with Gasteiger partial charge in [-0.25, -0.2) is 0 Å². The number of carbonyl (C=O) groups excluding carboxylic acids is 2. The predicted octanol–water partition coefficient (Wildman–Crippen LogP) is 1.86. The van der Waals surface area contributed by atoms with Crippen LogP contribution in [0.5, 0.6) is 5.75 Å². The Morgan fingerprint density at radius 3 is 2.50 bits per heavy atom. The molecule has 22 heavy (non-hydrogen) atoms. The minimum absolute atomic E-state index is 0.00762. The summed E-state index contributed by atoms with van der Waals surface area (Å²) in [5.74, 6) is 0.806. The van der Waals surface area contributed by atoms with Gasteiger partial charge in [0, 0.05) is 32.5 Å². The SMILES string of the molecule is COc1ccccc1CCN(CCNC(=O)C(C)C)C(C)=O. The number of methoxy groups -OCH3 is 1. The molecular formula is C17H26N2O3. The van der Waals surface area contributed by atoms with Crippen LogP contribution in [0.1, 0.15) is 26.3 Å². The molecule has 5 heteroatoms. The minimum atomic E-state index is -0.0423. The fourth-order valence-corrected chi connectivity index (χ4v) is 2.11. The van der Waals surface area contributed by atoms with E-state index < -0.39 is 0 Å². The van der Waals surface area contributed by atoms with E-state index in [1.165, 1.54) is 0 Å². The zero-order valence-electron chi connectivity index (χ0n) is 13.9. The highest BCUT2D eigenvalue weighted by molar-refractivity contribution is 5.78. The van der Waals surface area contributed by atoms with Crippen LogP contribution in [-0.4, -0.2) is 43.5 Å². The van der Waals surface area contributed by atoms with Crippen LogP contribution < -0.4 is 10.1 Å². The van der Waals surface area contributed by atoms with Crippen molar-refractivity contribution in [2.45, 2.75) is 27.2 Å². The summed E-state index contributed by atoms with van der Waals surface area (Å²) in [5.41, 5.74) is 1.07. The molecule has 1 aromatic rings. The van der Waals surface area contributed by atoms with E-state index in [0.717, 1.165) is 17.7 Å². The molecule has 0 spiro atoms. The van der Waals surface area contributed by atoms with E-state index in [2.05, 4.69) is 5.32 Å². The van der Waals surface area contributed by atoms with Crippen molar-refractivity contribution in [1.29, 1.82) is 0 Å². The molecule has 0 radical (unpaired) electrons. The Morgan fingerprint density at radius 1 is 1.23 bits per heavy atom. The van der Waals surface area contributed by atoms with Crippen molar-refractivity contribution in [3.63, 3.8) is 0 Å². The minimum Gasteiger partial charge on any atom is -0.496 e. The van der Waals surface area contributed by atoms with Crippen molar-refractivity contribution in [2.75, 3.05) is 26.7 Å². The van der Waals surface area contributed by atoms with Crippen LogP contribution >= 0.6 is 0 Å². The third-order valence-corrected chi connectivity index (χ3v) is 3.49. The predicted molar refractivity (Wildman–Crippen MR) is 86.8 cm³/mol. The molecule has 0 saturated carbocycles. The molecule has 5 nitrogen and oxygen atoms in total. The Hall–Kier alpha value is -2.04. The number of nitrogens with zero attached hydrogens (tertiary/aromatic N) is 1. The molecule has 1 N–H and O–H groups in total. The number of hydrogen-bond donors (Lipinski definition) is 1. The second-order valence-corrected chi connectivity index (χ2v) is 5.51. The number of amides is 2. The summed E-state index contributed by atoms with van der Waals surface area (Å²) in [6.45, 7) is 6.84. The molecule has 0 aliphatic rings. The standard InChI is InChI=1S/C17H26N2O3/c1-13(2)17(21)18-10-12-19(14(3)20)11-9-15-7-5-6-8-16(15)22-4/h5-8,13H,9-12H2,1-4H3,(H,18,21). The normalized spacial score (nSPS) is 10.4. The van der Waals surface area contributed by atoms with Crippen LogP contribution in [0.4, 0.5) is 0 Å². The first-order valence-corrected chi connectivity index (χ1v) is 7.60. The first-order valence-electron chi connectivity index (χ1n) is 7.60. The zero-order valence-corrected chi connectivity index (χ0v) is 13.9. The quantitative estimate of drug-likeness (QED) is 0.797. The van der Waals surface area contributed by atoms with Crippen LogP contribution in [0.25, 0.3) is 0 Å². The summed E-state index contributed by atoms with van der Waals surface area (Å²) in [6.07, 6.45) is 0.724. The van der Waals surface area contributed by atoms with E-state index in [1.54, 1.807) is 18.9 Å². The Balaban J connectivity index is 2.51. The highest BCUT2D eigenvalue weighted by Crippen LogP contribution is 2.17. The number of benzene rings is 1. The van der Waals surface area contributed by atoms with Crippen molar-refractivity contribution in [3.05, 3.63) is 29.8 Å². The Labute approximate surface area is 132 Å². The topological polar surface area (TPSA) is 58.6 Å². The van der Waals surface area contributed by atoms with E-state index >= 15 is 0 Å². The van der Waals surface area contributed by atoms with Crippen LogP contribution in [0, 0.1) is 5.92 Å². The molecule has 0 bridgehead atoms. The van der Waals surface area contributed by atoms with E-state index in [-0.39, 0.29) is 17.7 Å². The summed E-state index contributed by atoms with van der Waals surface area (Å²) in [7, 11) is 1.64. The molecule has 1 aromatic carbocycles. The van der Waals surface area contributed by atoms with Crippen LogP contribution in [0.15, 0.2) is 24.3 Å². The molecule has 0 aliphatic heterocycles. The van der Waals surface area contributed by atoms with Gasteiger partial charge in [0.1, 0.15) is 5.75 Å². The van der Waals surface area contributed by atoms with Crippen molar-refractivity contribution < 1.29 is 14.3 Å². The van der Waals surface area contributed by atoms with E-state index in [1.807, 2.05) is 38.1 Å². The Bertz CT molecular complexity index is 500. The highest BCUT2D eigenvalue weighted by atomic mass is 16.5. The van der Waals surface area contributed by atoms with Gasteiger partial charge in [-0.05, 0) is 18.1 Å². The molecule has 122 valence electrons. The number of ether oxygens (including phenoxy) is 1. The fourth-order valence-electron chi connectivity index (χ4n) is 2.11. The lowest BCUT2D eigenvalue weighted by Gasteiger charge is -2.22. The Kier molecular flexibility index (Phi) is 7.43. The van der Waals surface area contributed by atoms with Gasteiger partial charge in [-0.1, -0.05) is 32.0 Å². The molecular weight excluding hydrogens is 280 g/mol. The molecule has 2 amide bonds. The molecule has 0 fully saturated rings. The lowest BCUT2D eigenvalue weighted by atomic mass is 10.1. The molecule has 0 aromatic heterocycles. The molecule has 0 unspecified atom stereocenters. The largest absolute Gasteiger partial charge is 0.496 e. The molecule has 1 rings (SSSR count). The molecule has 0 atom stereocenters. The average Bonchev–Trinajstić information content (AvgIpc) is 2.50. The smallest absolute Gasteiger partial charge is 0.222 e. The van der Waals surface area contributed by atoms with Gasteiger partial charge < -0.3 is 15.0 Å². The summed E-state index contributed by atoms with van der Waals surface area (Å²) in [4.78, 5) is 25.0. The van der Waals surface area contributed by atoms with Crippen molar-refractivity contribution in [3.8, 4) is 5.75 Å². The van der Waals surface area contributed by atoms with Crippen LogP contribution in [-0.2, 0) is 16.0 Å². The Morgan fingerprint density at radius 2 is 1.91 bits per heavy atom. The molecule has 0 heterocycles. The second-order valence-electron chi connectivity index (χ2n) is 5.51. The number of rotatable bonds is 8. The highest BCUT2D eigenvalue weighted by Gasteiger charge is 2.12. The van der Waals surface area contributed by atoms with Gasteiger partial charge in [0.05, 0.1) is 7.11 Å². The summed E-state index contributed by atoms with van der Waals surface area (Å²) >= 11 is 0. The van der Waals surface area contributed by atoms with Gasteiger partial charge in [0.2, 0.25) is 11.8 Å². The maximum Gasteiger partial charge on any atom is 0.222 e. The fraction of sp³-hybridized carbons (Fsp3) is 0.529. The van der Waals surface area contributed by atoms with Gasteiger partial charge in [-0.3, -0.25) is 9.59 Å². The average molecular weight is 306 g/mol. The monoisotopic (exact) mass is 306 g/mol. The molecule has 0 saturated heterocycles. The summed E-state index contributed by atoms with van der Waals surface area (Å²) in [5, 5.41) is 2.83. The maximum atomic E-state index is 11.7. The number of hydrogen-bond acceptors (Lipinski definition) is 3. The van der Waals surface area contributed by atoms with Crippen molar-refractivity contribution >= 4 is 11.8 Å². The van der Waals surface area contributed by atoms with Gasteiger partial charge in [-0.15, -0.1) is 0 Å². The number of nitrogens with one attached hydrogen (secondary N) is 1. The third kappa shape index (κ3) is 5.76. The van der Waals surface area contributed by atoms with Crippen LogP contribution in [0.2, 0.25) is 0 Å². The zero-order chi connectivity index (χ0) is 16.5. The van der Waals surface area contributed by atoms with E-state index in [4.69, 9.17) is 4.74 Å². The number of para-hydroxylation sites is 1. The lowest BCUT2D eigenvalue weighted by Crippen LogP contribution is -2.39. The van der Waals surface area contributed by atoms with Crippen LogP contribution in [0.3, 0.4) is 0 Å². The lowest BCUT2D eigenvalue weighted by molar-refractivity contribution is -0.129. The van der Waals surface area contributed by atoms with Gasteiger partial charge in [-0.2, -0.15) is 0 Å². The van der Waals surface area contributed by atoms with Gasteiger partial charge in [0.15, 0.2) is 0 Å². The third-order valence-electron chi connectivity index (χ3n) is 3.49. The van der Waals surface area contributed by atoms with Gasteiger partial charge in [0.25, 0.3) is 0 Å². The van der Waals surface area contributed by atoms with Crippen molar-refractivity contribution in [1.82, 2.24) is 10.2 Å². The van der Waals surface area contributed by atoms with Crippen molar-refractivity contribution in [2.24, 2.45) is 5.92 Å². The molecule has 0 aliphatic carbocycles.